The summed E-state index contributed by atoms with van der Waals surface area (Å²) in [6, 6.07) is 7.83. The van der Waals surface area contributed by atoms with E-state index >= 15 is 0 Å². The minimum atomic E-state index is -0.694. The van der Waals surface area contributed by atoms with Crippen molar-refractivity contribution >= 4 is 5.97 Å². The van der Waals surface area contributed by atoms with Crippen LogP contribution in [0.15, 0.2) is 24.3 Å². The van der Waals surface area contributed by atoms with E-state index in [2.05, 4.69) is 24.0 Å². The molecule has 1 N–H and O–H groups in total. The minimum absolute atomic E-state index is 0.350. The van der Waals surface area contributed by atoms with Crippen molar-refractivity contribution in [3.05, 3.63) is 35.4 Å². The highest BCUT2D eigenvalue weighted by molar-refractivity contribution is 5.74. The number of unbranched alkanes of at least 4 members (excludes halogenated alkanes) is 2. The lowest BCUT2D eigenvalue weighted by molar-refractivity contribution is -0.144. The van der Waals surface area contributed by atoms with Crippen LogP contribution in [0.25, 0.3) is 0 Å². The van der Waals surface area contributed by atoms with Gasteiger partial charge in [0.15, 0.2) is 0 Å². The molecule has 0 aromatic heterocycles. The normalized spacial score (nSPS) is 19.5. The number of aliphatic carboxylic acids is 1. The highest BCUT2D eigenvalue weighted by Gasteiger charge is 2.30. The number of hydrogen-bond acceptors (Lipinski definition) is 2. The summed E-state index contributed by atoms with van der Waals surface area (Å²) in [7, 11) is 0. The molecule has 0 spiro atoms. The quantitative estimate of drug-likeness (QED) is 0.813. The van der Waals surface area contributed by atoms with Gasteiger partial charge in [-0.3, -0.25) is 9.69 Å². The van der Waals surface area contributed by atoms with Crippen LogP contribution in [0.2, 0.25) is 0 Å². The van der Waals surface area contributed by atoms with Crippen molar-refractivity contribution in [3.63, 3.8) is 0 Å². The van der Waals surface area contributed by atoms with Crippen molar-refractivity contribution in [2.24, 2.45) is 0 Å². The molecule has 3 nitrogen and oxygen atoms in total. The van der Waals surface area contributed by atoms with E-state index in [-0.39, 0.29) is 6.04 Å². The highest BCUT2D eigenvalue weighted by Crippen LogP contribution is 2.23. The Bertz CT molecular complexity index is 417. The van der Waals surface area contributed by atoms with Gasteiger partial charge in [0.25, 0.3) is 0 Å². The highest BCUT2D eigenvalue weighted by atomic mass is 16.4. The summed E-state index contributed by atoms with van der Waals surface area (Å²) in [6.45, 7) is 3.83. The van der Waals surface area contributed by atoms with Gasteiger partial charge in [0.2, 0.25) is 0 Å². The molecule has 1 heterocycles. The zero-order valence-corrected chi connectivity index (χ0v) is 10.9. The SMILES string of the molecule is CCCCCN1Cc2ccccc2CC1C(=O)O. The van der Waals surface area contributed by atoms with Crippen LogP contribution in [0.1, 0.15) is 37.3 Å². The predicted molar refractivity (Wildman–Crippen MR) is 71.5 cm³/mol. The van der Waals surface area contributed by atoms with Crippen LogP contribution in [0.3, 0.4) is 0 Å². The average molecular weight is 247 g/mol. The molecule has 0 amide bonds. The van der Waals surface area contributed by atoms with Crippen LogP contribution in [0.5, 0.6) is 0 Å². The summed E-state index contributed by atoms with van der Waals surface area (Å²) in [5.74, 6) is -0.694. The Morgan fingerprint density at radius 3 is 2.72 bits per heavy atom. The van der Waals surface area contributed by atoms with Crippen LogP contribution in [-0.4, -0.2) is 28.6 Å². The molecular formula is C15H21NO2. The van der Waals surface area contributed by atoms with Crippen molar-refractivity contribution in [2.45, 2.75) is 45.2 Å². The number of carbonyl (C=O) groups is 1. The van der Waals surface area contributed by atoms with Gasteiger partial charge in [-0.25, -0.2) is 0 Å². The van der Waals surface area contributed by atoms with Gasteiger partial charge in [-0.2, -0.15) is 0 Å². The van der Waals surface area contributed by atoms with Gasteiger partial charge in [0.05, 0.1) is 0 Å². The van der Waals surface area contributed by atoms with Crippen LogP contribution in [-0.2, 0) is 17.8 Å². The molecule has 1 atom stereocenters. The number of carboxylic acid groups (broad SMARTS) is 1. The molecule has 0 aliphatic carbocycles. The number of carboxylic acids is 1. The summed E-state index contributed by atoms with van der Waals surface area (Å²) in [6.07, 6.45) is 4.06. The third-order valence-electron chi connectivity index (χ3n) is 3.68. The number of benzene rings is 1. The summed E-state index contributed by atoms with van der Waals surface area (Å²) < 4.78 is 0. The maximum atomic E-state index is 11.4. The Morgan fingerprint density at radius 1 is 1.33 bits per heavy atom. The third kappa shape index (κ3) is 2.91. The van der Waals surface area contributed by atoms with E-state index in [4.69, 9.17) is 0 Å². The van der Waals surface area contributed by atoms with Crippen molar-refractivity contribution in [1.29, 1.82) is 0 Å². The van der Waals surface area contributed by atoms with E-state index in [0.717, 1.165) is 19.5 Å². The standard InChI is InChI=1S/C15H21NO2/c1-2-3-6-9-16-11-13-8-5-4-7-12(13)10-14(16)15(17)18/h4-5,7-8,14H,2-3,6,9-11H2,1H3,(H,17,18). The number of fused-ring (bicyclic) bond motifs is 1. The molecular weight excluding hydrogens is 226 g/mol. The second-order valence-electron chi connectivity index (χ2n) is 5.00. The first-order valence-corrected chi connectivity index (χ1v) is 6.76. The molecule has 1 aromatic carbocycles. The van der Waals surface area contributed by atoms with E-state index in [0.29, 0.717) is 6.42 Å². The molecule has 3 heteroatoms. The zero-order chi connectivity index (χ0) is 13.0. The van der Waals surface area contributed by atoms with Crippen molar-refractivity contribution in [3.8, 4) is 0 Å². The first-order chi connectivity index (χ1) is 8.72. The molecule has 0 saturated heterocycles. The fourth-order valence-electron chi connectivity index (χ4n) is 2.62. The Morgan fingerprint density at radius 2 is 2.06 bits per heavy atom. The number of nitrogens with zero attached hydrogens (tertiary/aromatic N) is 1. The van der Waals surface area contributed by atoms with Gasteiger partial charge < -0.3 is 5.11 Å². The molecule has 18 heavy (non-hydrogen) atoms. The lowest BCUT2D eigenvalue weighted by atomic mass is 9.94. The Hall–Kier alpha value is -1.35. The van der Waals surface area contributed by atoms with Crippen molar-refractivity contribution < 1.29 is 9.90 Å². The molecule has 1 aliphatic heterocycles. The van der Waals surface area contributed by atoms with Crippen LogP contribution >= 0.6 is 0 Å². The van der Waals surface area contributed by atoms with Gasteiger partial charge in [-0.1, -0.05) is 44.0 Å². The Kier molecular flexibility index (Phi) is 4.37. The topological polar surface area (TPSA) is 40.5 Å². The number of rotatable bonds is 5. The molecule has 0 radical (unpaired) electrons. The van der Waals surface area contributed by atoms with E-state index < -0.39 is 5.97 Å². The summed E-state index contributed by atoms with van der Waals surface area (Å²) in [5, 5.41) is 9.35. The monoisotopic (exact) mass is 247 g/mol. The predicted octanol–water partition coefficient (Wildman–Crippen LogP) is 2.69. The van der Waals surface area contributed by atoms with E-state index in [9.17, 15) is 9.90 Å². The van der Waals surface area contributed by atoms with Gasteiger partial charge in [0.1, 0.15) is 6.04 Å². The summed E-state index contributed by atoms with van der Waals surface area (Å²) in [5.41, 5.74) is 2.48. The van der Waals surface area contributed by atoms with Gasteiger partial charge in [-0.15, -0.1) is 0 Å². The molecule has 98 valence electrons. The number of hydrogen-bond donors (Lipinski definition) is 1. The van der Waals surface area contributed by atoms with Crippen LogP contribution in [0.4, 0.5) is 0 Å². The zero-order valence-electron chi connectivity index (χ0n) is 10.9. The van der Waals surface area contributed by atoms with E-state index in [1.165, 1.54) is 24.0 Å². The van der Waals surface area contributed by atoms with Gasteiger partial charge in [0, 0.05) is 6.54 Å². The van der Waals surface area contributed by atoms with E-state index in [1.54, 1.807) is 0 Å². The first-order valence-electron chi connectivity index (χ1n) is 6.76. The molecule has 1 aromatic rings. The second kappa shape index (κ2) is 6.01. The Labute approximate surface area is 108 Å². The first kappa shape index (κ1) is 13.1. The van der Waals surface area contributed by atoms with Crippen LogP contribution < -0.4 is 0 Å². The molecule has 1 unspecified atom stereocenters. The lowest BCUT2D eigenvalue weighted by Gasteiger charge is -2.34. The third-order valence-corrected chi connectivity index (χ3v) is 3.68. The molecule has 0 fully saturated rings. The van der Waals surface area contributed by atoms with E-state index in [1.807, 2.05) is 12.1 Å². The average Bonchev–Trinajstić information content (AvgIpc) is 2.38. The second-order valence-corrected chi connectivity index (χ2v) is 5.00. The van der Waals surface area contributed by atoms with Gasteiger partial charge >= 0.3 is 5.97 Å². The minimum Gasteiger partial charge on any atom is -0.480 e. The fourth-order valence-corrected chi connectivity index (χ4v) is 2.62. The smallest absolute Gasteiger partial charge is 0.321 e. The fraction of sp³-hybridized carbons (Fsp3) is 0.533. The maximum Gasteiger partial charge on any atom is 0.321 e. The van der Waals surface area contributed by atoms with Crippen molar-refractivity contribution in [1.82, 2.24) is 4.90 Å². The molecule has 0 saturated carbocycles. The van der Waals surface area contributed by atoms with Crippen LogP contribution in [0, 0.1) is 0 Å². The largest absolute Gasteiger partial charge is 0.480 e. The molecule has 2 rings (SSSR count). The lowest BCUT2D eigenvalue weighted by Crippen LogP contribution is -2.45. The summed E-state index contributed by atoms with van der Waals surface area (Å²) in [4.78, 5) is 13.5. The molecule has 0 bridgehead atoms. The maximum absolute atomic E-state index is 11.4. The summed E-state index contributed by atoms with van der Waals surface area (Å²) >= 11 is 0. The Balaban J connectivity index is 2.10. The molecule has 1 aliphatic rings. The van der Waals surface area contributed by atoms with Crippen molar-refractivity contribution in [2.75, 3.05) is 6.54 Å². The van der Waals surface area contributed by atoms with Gasteiger partial charge in [-0.05, 0) is 30.5 Å².